The zero-order valence-electron chi connectivity index (χ0n) is 14.2. The average Bonchev–Trinajstić information content (AvgIpc) is 3.12. The molecule has 2 unspecified atom stereocenters. The van der Waals surface area contributed by atoms with Crippen molar-refractivity contribution >= 4 is 5.91 Å². The van der Waals surface area contributed by atoms with E-state index in [4.69, 9.17) is 5.73 Å². The van der Waals surface area contributed by atoms with Gasteiger partial charge in [0.05, 0.1) is 0 Å². The van der Waals surface area contributed by atoms with Crippen molar-refractivity contribution < 1.29 is 4.79 Å². The van der Waals surface area contributed by atoms with Crippen molar-refractivity contribution in [2.24, 2.45) is 17.6 Å². The van der Waals surface area contributed by atoms with Crippen molar-refractivity contribution in [2.45, 2.75) is 32.2 Å². The number of nitrogens with two attached hydrogens (primary N) is 1. The molecule has 2 fully saturated rings. The van der Waals surface area contributed by atoms with Crippen LogP contribution in [0, 0.1) is 11.8 Å². The Morgan fingerprint density at radius 1 is 1.17 bits per heavy atom. The van der Waals surface area contributed by atoms with Gasteiger partial charge in [0, 0.05) is 38.6 Å². The molecule has 23 heavy (non-hydrogen) atoms. The Morgan fingerprint density at radius 2 is 1.83 bits per heavy atom. The summed E-state index contributed by atoms with van der Waals surface area (Å²) >= 11 is 0. The standard InChI is InChI=1S/C19H29N3O/c1-2-6-19(23)22-13-16-11-21(12-17(16)14-22)10-9-18(20)15-7-4-3-5-8-15/h3-5,7-8,16-18H,2,6,9-14,20H2,1H3/t16?,17?,18-/m0/s1. The number of nitrogens with zero attached hydrogens (tertiary/aromatic N) is 2. The highest BCUT2D eigenvalue weighted by atomic mass is 16.2. The Labute approximate surface area is 139 Å². The molecule has 2 aliphatic rings. The van der Waals surface area contributed by atoms with Crippen LogP contribution in [0.5, 0.6) is 0 Å². The number of likely N-dealkylation sites (tertiary alicyclic amines) is 2. The lowest BCUT2D eigenvalue weighted by Crippen LogP contribution is -2.33. The van der Waals surface area contributed by atoms with Gasteiger partial charge in [0.1, 0.15) is 0 Å². The number of rotatable bonds is 6. The Morgan fingerprint density at radius 3 is 2.43 bits per heavy atom. The fourth-order valence-electron chi connectivity index (χ4n) is 4.04. The minimum atomic E-state index is 0.124. The topological polar surface area (TPSA) is 49.6 Å². The van der Waals surface area contributed by atoms with E-state index in [0.29, 0.717) is 24.2 Å². The molecule has 1 amide bonds. The smallest absolute Gasteiger partial charge is 0.222 e. The molecule has 2 heterocycles. The van der Waals surface area contributed by atoms with Crippen LogP contribution >= 0.6 is 0 Å². The molecule has 0 aliphatic carbocycles. The van der Waals surface area contributed by atoms with Crippen LogP contribution in [-0.2, 0) is 4.79 Å². The van der Waals surface area contributed by atoms with Crippen molar-refractivity contribution in [3.8, 4) is 0 Å². The van der Waals surface area contributed by atoms with Crippen LogP contribution in [0.1, 0.15) is 37.8 Å². The molecule has 0 spiro atoms. The lowest BCUT2D eigenvalue weighted by Gasteiger charge is -2.23. The lowest BCUT2D eigenvalue weighted by molar-refractivity contribution is -0.130. The van der Waals surface area contributed by atoms with E-state index in [0.717, 1.165) is 45.6 Å². The molecule has 3 rings (SSSR count). The summed E-state index contributed by atoms with van der Waals surface area (Å²) in [6.07, 6.45) is 2.66. The molecule has 2 saturated heterocycles. The summed E-state index contributed by atoms with van der Waals surface area (Å²) in [5.41, 5.74) is 7.53. The van der Waals surface area contributed by atoms with Crippen molar-refractivity contribution in [1.82, 2.24) is 9.80 Å². The second-order valence-corrected chi connectivity index (χ2v) is 7.13. The van der Waals surface area contributed by atoms with Gasteiger partial charge in [0.25, 0.3) is 0 Å². The molecule has 0 aromatic heterocycles. The van der Waals surface area contributed by atoms with Gasteiger partial charge >= 0.3 is 0 Å². The van der Waals surface area contributed by atoms with Gasteiger partial charge in [-0.3, -0.25) is 4.79 Å². The summed E-state index contributed by atoms with van der Waals surface area (Å²) < 4.78 is 0. The number of fused-ring (bicyclic) bond motifs is 1. The van der Waals surface area contributed by atoms with Crippen molar-refractivity contribution in [2.75, 3.05) is 32.7 Å². The Hall–Kier alpha value is -1.39. The van der Waals surface area contributed by atoms with E-state index in [1.54, 1.807) is 0 Å². The molecule has 2 aliphatic heterocycles. The molecule has 3 atom stereocenters. The predicted octanol–water partition coefficient (Wildman–Crippen LogP) is 2.27. The number of carbonyl (C=O) groups excluding carboxylic acids is 1. The van der Waals surface area contributed by atoms with Gasteiger partial charge in [-0.1, -0.05) is 37.3 Å². The highest BCUT2D eigenvalue weighted by molar-refractivity contribution is 5.76. The van der Waals surface area contributed by atoms with Crippen molar-refractivity contribution in [3.63, 3.8) is 0 Å². The molecule has 126 valence electrons. The summed E-state index contributed by atoms with van der Waals surface area (Å²) in [4.78, 5) is 16.7. The number of amides is 1. The number of hydrogen-bond acceptors (Lipinski definition) is 3. The van der Waals surface area contributed by atoms with Crippen LogP contribution in [0.15, 0.2) is 30.3 Å². The molecular weight excluding hydrogens is 286 g/mol. The van der Waals surface area contributed by atoms with Crippen molar-refractivity contribution in [3.05, 3.63) is 35.9 Å². The SMILES string of the molecule is CCCC(=O)N1CC2CN(CC[C@H](N)c3ccccc3)CC2C1. The molecule has 0 bridgehead atoms. The molecular formula is C19H29N3O. The number of hydrogen-bond donors (Lipinski definition) is 1. The highest BCUT2D eigenvalue weighted by Crippen LogP contribution is 2.32. The first-order chi connectivity index (χ1) is 11.2. The first-order valence-corrected chi connectivity index (χ1v) is 8.98. The van der Waals surface area contributed by atoms with Crippen LogP contribution in [-0.4, -0.2) is 48.4 Å². The predicted molar refractivity (Wildman–Crippen MR) is 92.9 cm³/mol. The van der Waals surface area contributed by atoms with Gasteiger partial charge in [-0.2, -0.15) is 0 Å². The van der Waals surface area contributed by atoms with E-state index in [9.17, 15) is 4.79 Å². The van der Waals surface area contributed by atoms with Gasteiger partial charge in [-0.25, -0.2) is 0 Å². The van der Waals surface area contributed by atoms with Gasteiger partial charge in [-0.15, -0.1) is 0 Å². The van der Waals surface area contributed by atoms with E-state index in [1.807, 2.05) is 6.07 Å². The van der Waals surface area contributed by atoms with Gasteiger partial charge in [-0.05, 0) is 36.8 Å². The van der Waals surface area contributed by atoms with Gasteiger partial charge in [0.2, 0.25) is 5.91 Å². The van der Waals surface area contributed by atoms with Crippen LogP contribution < -0.4 is 5.73 Å². The van der Waals surface area contributed by atoms with Crippen LogP contribution in [0.4, 0.5) is 0 Å². The summed E-state index contributed by atoms with van der Waals surface area (Å²) in [6.45, 7) is 7.32. The Balaban J connectivity index is 1.43. The summed E-state index contributed by atoms with van der Waals surface area (Å²) in [6, 6.07) is 10.5. The highest BCUT2D eigenvalue weighted by Gasteiger charge is 2.40. The molecule has 0 saturated carbocycles. The van der Waals surface area contributed by atoms with E-state index in [-0.39, 0.29) is 6.04 Å². The number of benzene rings is 1. The first kappa shape index (κ1) is 16.5. The normalized spacial score (nSPS) is 25.6. The molecule has 4 nitrogen and oxygen atoms in total. The summed E-state index contributed by atoms with van der Waals surface area (Å²) in [5, 5.41) is 0. The average molecular weight is 315 g/mol. The number of carbonyl (C=O) groups is 1. The van der Waals surface area contributed by atoms with E-state index >= 15 is 0 Å². The third kappa shape index (κ3) is 3.93. The van der Waals surface area contributed by atoms with Crippen LogP contribution in [0.3, 0.4) is 0 Å². The lowest BCUT2D eigenvalue weighted by atomic mass is 10.0. The second-order valence-electron chi connectivity index (χ2n) is 7.13. The third-order valence-corrected chi connectivity index (χ3v) is 5.36. The monoisotopic (exact) mass is 315 g/mol. The first-order valence-electron chi connectivity index (χ1n) is 8.98. The zero-order chi connectivity index (χ0) is 16.2. The van der Waals surface area contributed by atoms with Crippen LogP contribution in [0.2, 0.25) is 0 Å². The van der Waals surface area contributed by atoms with E-state index < -0.39 is 0 Å². The Kier molecular flexibility index (Phi) is 5.34. The van der Waals surface area contributed by atoms with Crippen LogP contribution in [0.25, 0.3) is 0 Å². The molecule has 4 heteroatoms. The van der Waals surface area contributed by atoms with E-state index in [2.05, 4.69) is 41.0 Å². The maximum atomic E-state index is 12.0. The third-order valence-electron chi connectivity index (χ3n) is 5.36. The minimum absolute atomic E-state index is 0.124. The van der Waals surface area contributed by atoms with Crippen molar-refractivity contribution in [1.29, 1.82) is 0 Å². The maximum absolute atomic E-state index is 12.0. The zero-order valence-corrected chi connectivity index (χ0v) is 14.2. The second kappa shape index (κ2) is 7.45. The molecule has 2 N–H and O–H groups in total. The Bertz CT molecular complexity index is 505. The van der Waals surface area contributed by atoms with Gasteiger partial charge in [0.15, 0.2) is 0 Å². The molecule has 1 aromatic carbocycles. The molecule has 0 radical (unpaired) electrons. The minimum Gasteiger partial charge on any atom is -0.342 e. The largest absolute Gasteiger partial charge is 0.342 e. The van der Waals surface area contributed by atoms with Gasteiger partial charge < -0.3 is 15.5 Å². The fourth-order valence-corrected chi connectivity index (χ4v) is 4.04. The fraction of sp³-hybridized carbons (Fsp3) is 0.632. The summed E-state index contributed by atoms with van der Waals surface area (Å²) in [7, 11) is 0. The summed E-state index contributed by atoms with van der Waals surface area (Å²) in [5.74, 6) is 1.69. The quantitative estimate of drug-likeness (QED) is 0.876. The molecule has 1 aromatic rings. The van der Waals surface area contributed by atoms with E-state index in [1.165, 1.54) is 5.56 Å². The maximum Gasteiger partial charge on any atom is 0.222 e.